The van der Waals surface area contributed by atoms with Crippen molar-refractivity contribution in [3.05, 3.63) is 34.9 Å². The molecule has 94 valence electrons. The van der Waals surface area contributed by atoms with Gasteiger partial charge in [-0.3, -0.25) is 0 Å². The predicted octanol–water partition coefficient (Wildman–Crippen LogP) is 1.78. The fourth-order valence-corrected chi connectivity index (χ4v) is 2.28. The summed E-state index contributed by atoms with van der Waals surface area (Å²) in [4.78, 5) is 2.21. The molecule has 0 atom stereocenters. The van der Waals surface area contributed by atoms with Crippen LogP contribution in [-0.4, -0.2) is 43.4 Å². The van der Waals surface area contributed by atoms with Crippen molar-refractivity contribution in [3.63, 3.8) is 0 Å². The zero-order valence-electron chi connectivity index (χ0n) is 10.0. The molecule has 0 aromatic heterocycles. The van der Waals surface area contributed by atoms with Crippen molar-refractivity contribution < 1.29 is 9.84 Å². The highest BCUT2D eigenvalue weighted by molar-refractivity contribution is 6.30. The van der Waals surface area contributed by atoms with Crippen LogP contribution in [0.3, 0.4) is 0 Å². The first-order valence-corrected chi connectivity index (χ1v) is 6.13. The van der Waals surface area contributed by atoms with Crippen molar-refractivity contribution in [3.8, 4) is 0 Å². The van der Waals surface area contributed by atoms with E-state index in [0.29, 0.717) is 13.2 Å². The first kappa shape index (κ1) is 12.8. The molecule has 1 saturated heterocycles. The molecule has 0 amide bonds. The van der Waals surface area contributed by atoms with Crippen LogP contribution in [0.15, 0.2) is 24.3 Å². The minimum atomic E-state index is -0.0544. The van der Waals surface area contributed by atoms with Crippen LogP contribution in [0.4, 0.5) is 0 Å². The summed E-state index contributed by atoms with van der Waals surface area (Å²) in [6, 6.07) is 7.86. The Hall–Kier alpha value is -0.610. The maximum absolute atomic E-state index is 9.36. The molecule has 1 aromatic carbocycles. The van der Waals surface area contributed by atoms with E-state index >= 15 is 0 Å². The Labute approximate surface area is 107 Å². The van der Waals surface area contributed by atoms with Gasteiger partial charge in [-0.1, -0.05) is 23.7 Å². The summed E-state index contributed by atoms with van der Waals surface area (Å²) in [6.45, 7) is 3.23. The predicted molar refractivity (Wildman–Crippen MR) is 68.1 cm³/mol. The number of hydrogen-bond donors (Lipinski definition) is 1. The summed E-state index contributed by atoms with van der Waals surface area (Å²) in [6.07, 6.45) is 0. The topological polar surface area (TPSA) is 32.7 Å². The number of benzene rings is 1. The zero-order valence-corrected chi connectivity index (χ0v) is 10.8. The Balaban J connectivity index is 1.88. The Bertz CT molecular complexity index is 357. The van der Waals surface area contributed by atoms with Gasteiger partial charge in [-0.25, -0.2) is 0 Å². The second kappa shape index (κ2) is 5.36. The van der Waals surface area contributed by atoms with Gasteiger partial charge in [0.25, 0.3) is 0 Å². The molecule has 0 radical (unpaired) electrons. The molecular formula is C13H18ClNO2. The van der Waals surface area contributed by atoms with Crippen molar-refractivity contribution in [1.82, 2.24) is 4.90 Å². The number of ether oxygens (including phenoxy) is 1. The van der Waals surface area contributed by atoms with Crippen LogP contribution in [-0.2, 0) is 11.3 Å². The maximum Gasteiger partial charge on any atom is 0.0579 e. The largest absolute Gasteiger partial charge is 0.396 e. The maximum atomic E-state index is 9.36. The van der Waals surface area contributed by atoms with Crippen LogP contribution in [0.25, 0.3) is 0 Å². The van der Waals surface area contributed by atoms with Crippen molar-refractivity contribution >= 4 is 11.6 Å². The molecule has 0 saturated carbocycles. The molecule has 1 fully saturated rings. The number of rotatable bonds is 5. The summed E-state index contributed by atoms with van der Waals surface area (Å²) in [5, 5.41) is 10.1. The lowest BCUT2D eigenvalue weighted by atomic mass is 9.86. The molecule has 1 aliphatic rings. The van der Waals surface area contributed by atoms with Gasteiger partial charge >= 0.3 is 0 Å². The third-order valence-electron chi connectivity index (χ3n) is 3.12. The smallest absolute Gasteiger partial charge is 0.0579 e. The normalized spacial score (nSPS) is 18.1. The van der Waals surface area contributed by atoms with E-state index in [-0.39, 0.29) is 12.0 Å². The van der Waals surface area contributed by atoms with Crippen molar-refractivity contribution in [2.75, 3.05) is 33.4 Å². The number of aliphatic hydroxyl groups excluding tert-OH is 1. The quantitative estimate of drug-likeness (QED) is 0.871. The van der Waals surface area contributed by atoms with Crippen molar-refractivity contribution in [1.29, 1.82) is 0 Å². The van der Waals surface area contributed by atoms with Crippen LogP contribution in [0, 0.1) is 5.41 Å². The molecule has 17 heavy (non-hydrogen) atoms. The van der Waals surface area contributed by atoms with Crippen LogP contribution in [0.1, 0.15) is 5.56 Å². The Morgan fingerprint density at radius 2 is 2.00 bits per heavy atom. The second-order valence-corrected chi connectivity index (χ2v) is 5.39. The van der Waals surface area contributed by atoms with E-state index in [0.717, 1.165) is 18.1 Å². The number of aliphatic hydroxyl groups is 1. The molecule has 4 heteroatoms. The Kier molecular flexibility index (Phi) is 4.05. The minimum Gasteiger partial charge on any atom is -0.396 e. The average molecular weight is 256 g/mol. The van der Waals surface area contributed by atoms with E-state index in [1.807, 2.05) is 24.3 Å². The van der Waals surface area contributed by atoms with Gasteiger partial charge in [0.15, 0.2) is 0 Å². The average Bonchev–Trinajstić information content (AvgIpc) is 2.27. The van der Waals surface area contributed by atoms with Gasteiger partial charge in [0.2, 0.25) is 0 Å². The first-order chi connectivity index (χ1) is 8.13. The van der Waals surface area contributed by atoms with Gasteiger partial charge in [-0.15, -0.1) is 0 Å². The molecule has 0 spiro atoms. The van der Waals surface area contributed by atoms with Gasteiger partial charge in [-0.2, -0.15) is 0 Å². The Morgan fingerprint density at radius 1 is 1.35 bits per heavy atom. The summed E-state index contributed by atoms with van der Waals surface area (Å²) < 4.78 is 5.19. The van der Waals surface area contributed by atoms with E-state index in [1.54, 1.807) is 0 Å². The fraction of sp³-hybridized carbons (Fsp3) is 0.538. The third-order valence-corrected chi connectivity index (χ3v) is 3.37. The lowest BCUT2D eigenvalue weighted by Gasteiger charge is -2.42. The van der Waals surface area contributed by atoms with Crippen LogP contribution >= 0.6 is 11.6 Å². The minimum absolute atomic E-state index is 0.0544. The van der Waals surface area contributed by atoms with Crippen molar-refractivity contribution in [2.24, 2.45) is 5.41 Å². The first-order valence-electron chi connectivity index (χ1n) is 5.75. The van der Waals surface area contributed by atoms with Crippen molar-refractivity contribution in [2.45, 2.75) is 6.54 Å². The molecule has 0 bridgehead atoms. The highest BCUT2D eigenvalue weighted by atomic mass is 35.5. The van der Waals surface area contributed by atoms with Gasteiger partial charge in [0.1, 0.15) is 0 Å². The summed E-state index contributed by atoms with van der Waals surface area (Å²) in [5.74, 6) is 0. The molecule has 0 unspecified atom stereocenters. The monoisotopic (exact) mass is 255 g/mol. The summed E-state index contributed by atoms with van der Waals surface area (Å²) in [5.41, 5.74) is 1.17. The zero-order chi connectivity index (χ0) is 12.3. The van der Waals surface area contributed by atoms with Crippen LogP contribution < -0.4 is 0 Å². The van der Waals surface area contributed by atoms with Gasteiger partial charge < -0.3 is 14.7 Å². The van der Waals surface area contributed by atoms with Gasteiger partial charge in [0.05, 0.1) is 25.2 Å². The number of nitrogens with zero attached hydrogens (tertiary/aromatic N) is 1. The lowest BCUT2D eigenvalue weighted by molar-refractivity contribution is -0.147. The lowest BCUT2D eigenvalue weighted by Crippen LogP contribution is -2.52. The second-order valence-electron chi connectivity index (χ2n) is 4.95. The molecule has 1 aliphatic heterocycles. The summed E-state index contributed by atoms with van der Waals surface area (Å²) in [7, 11) is 2.06. The molecular weight excluding hydrogens is 238 g/mol. The van der Waals surface area contributed by atoms with E-state index < -0.39 is 0 Å². The number of hydrogen-bond acceptors (Lipinski definition) is 3. The van der Waals surface area contributed by atoms with Gasteiger partial charge in [-0.05, 0) is 24.7 Å². The Morgan fingerprint density at radius 3 is 2.47 bits per heavy atom. The molecule has 3 nitrogen and oxygen atoms in total. The molecule has 0 aliphatic carbocycles. The fourth-order valence-electron chi connectivity index (χ4n) is 2.15. The third kappa shape index (κ3) is 3.19. The van der Waals surface area contributed by atoms with E-state index in [4.69, 9.17) is 16.3 Å². The van der Waals surface area contributed by atoms with Crippen LogP contribution in [0.5, 0.6) is 0 Å². The summed E-state index contributed by atoms with van der Waals surface area (Å²) >= 11 is 5.85. The van der Waals surface area contributed by atoms with E-state index in [1.165, 1.54) is 5.56 Å². The molecule has 1 aromatic rings. The number of halogens is 1. The highest BCUT2D eigenvalue weighted by Crippen LogP contribution is 2.28. The molecule has 1 N–H and O–H groups in total. The standard InChI is InChI=1S/C13H18ClNO2/c1-15(7-13(8-16)9-17-10-13)6-11-2-4-12(14)5-3-11/h2-5,16H,6-10H2,1H3. The molecule has 2 rings (SSSR count). The SMILES string of the molecule is CN(Cc1ccc(Cl)cc1)CC1(CO)COC1. The molecule has 1 heterocycles. The van der Waals surface area contributed by atoms with E-state index in [9.17, 15) is 5.11 Å². The highest BCUT2D eigenvalue weighted by Gasteiger charge is 2.38. The van der Waals surface area contributed by atoms with E-state index in [2.05, 4.69) is 11.9 Å². The van der Waals surface area contributed by atoms with Crippen LogP contribution in [0.2, 0.25) is 5.02 Å². The van der Waals surface area contributed by atoms with Gasteiger partial charge in [0, 0.05) is 18.1 Å².